The van der Waals surface area contributed by atoms with E-state index < -0.39 is 0 Å². The number of aromatic nitrogens is 1. The van der Waals surface area contributed by atoms with E-state index in [9.17, 15) is 4.79 Å². The molecular formula is C16H19N3O. The molecule has 4 heteroatoms. The SMILES string of the molecule is Cc1ccc(C(=O)NC(C)c2ccccc2N)c(C)n1. The zero-order valence-corrected chi connectivity index (χ0v) is 12.0. The summed E-state index contributed by atoms with van der Waals surface area (Å²) in [6, 6.07) is 11.0. The molecular weight excluding hydrogens is 250 g/mol. The third-order valence-electron chi connectivity index (χ3n) is 3.28. The van der Waals surface area contributed by atoms with Gasteiger partial charge in [-0.15, -0.1) is 0 Å². The number of aryl methyl sites for hydroxylation is 2. The largest absolute Gasteiger partial charge is 0.398 e. The molecule has 0 radical (unpaired) electrons. The van der Waals surface area contributed by atoms with Crippen molar-refractivity contribution in [3.8, 4) is 0 Å². The third-order valence-corrected chi connectivity index (χ3v) is 3.28. The zero-order chi connectivity index (χ0) is 14.7. The van der Waals surface area contributed by atoms with Crippen molar-refractivity contribution in [3.63, 3.8) is 0 Å². The number of carbonyl (C=O) groups excluding carboxylic acids is 1. The standard InChI is InChI=1S/C16H19N3O/c1-10-8-9-14(12(3)18-10)16(20)19-11(2)13-6-4-5-7-15(13)17/h4-9,11H,17H2,1-3H3,(H,19,20). The number of pyridine rings is 1. The second-order valence-electron chi connectivity index (χ2n) is 4.91. The van der Waals surface area contributed by atoms with E-state index in [1.165, 1.54) is 0 Å². The minimum atomic E-state index is -0.149. The molecule has 1 aromatic carbocycles. The van der Waals surface area contributed by atoms with E-state index in [1.54, 1.807) is 6.07 Å². The Labute approximate surface area is 119 Å². The number of nitrogens with zero attached hydrogens (tertiary/aromatic N) is 1. The number of nitrogens with one attached hydrogen (secondary N) is 1. The molecule has 0 aliphatic rings. The number of hydrogen-bond donors (Lipinski definition) is 2. The van der Waals surface area contributed by atoms with Crippen molar-refractivity contribution in [1.29, 1.82) is 0 Å². The van der Waals surface area contributed by atoms with Crippen LogP contribution in [-0.4, -0.2) is 10.9 Å². The smallest absolute Gasteiger partial charge is 0.253 e. The van der Waals surface area contributed by atoms with Crippen molar-refractivity contribution in [2.45, 2.75) is 26.8 Å². The molecule has 104 valence electrons. The summed E-state index contributed by atoms with van der Waals surface area (Å²) in [5.74, 6) is -0.134. The second kappa shape index (κ2) is 5.74. The first-order chi connectivity index (χ1) is 9.49. The van der Waals surface area contributed by atoms with Crippen molar-refractivity contribution in [2.24, 2.45) is 0 Å². The lowest BCUT2D eigenvalue weighted by molar-refractivity contribution is 0.0939. The van der Waals surface area contributed by atoms with Crippen LogP contribution >= 0.6 is 0 Å². The van der Waals surface area contributed by atoms with Gasteiger partial charge in [0.15, 0.2) is 0 Å². The molecule has 2 aromatic rings. The number of nitrogens with two attached hydrogens (primary N) is 1. The summed E-state index contributed by atoms with van der Waals surface area (Å²) in [5, 5.41) is 2.95. The van der Waals surface area contributed by atoms with Crippen LogP contribution in [0, 0.1) is 13.8 Å². The Morgan fingerprint density at radius 1 is 1.20 bits per heavy atom. The first-order valence-electron chi connectivity index (χ1n) is 6.58. The Balaban J connectivity index is 2.17. The predicted octanol–water partition coefficient (Wildman–Crippen LogP) is 2.77. The van der Waals surface area contributed by atoms with Crippen LogP contribution in [-0.2, 0) is 0 Å². The highest BCUT2D eigenvalue weighted by Crippen LogP contribution is 2.20. The van der Waals surface area contributed by atoms with Gasteiger partial charge in [0.1, 0.15) is 0 Å². The van der Waals surface area contributed by atoms with E-state index in [0.29, 0.717) is 11.3 Å². The van der Waals surface area contributed by atoms with E-state index in [4.69, 9.17) is 5.73 Å². The Hall–Kier alpha value is -2.36. The molecule has 0 saturated heterocycles. The van der Waals surface area contributed by atoms with Crippen molar-refractivity contribution in [3.05, 3.63) is 58.9 Å². The lowest BCUT2D eigenvalue weighted by Gasteiger charge is -2.17. The number of hydrogen-bond acceptors (Lipinski definition) is 3. The second-order valence-corrected chi connectivity index (χ2v) is 4.91. The summed E-state index contributed by atoms with van der Waals surface area (Å²) in [7, 11) is 0. The number of amides is 1. The van der Waals surface area contributed by atoms with Crippen molar-refractivity contribution >= 4 is 11.6 Å². The van der Waals surface area contributed by atoms with Gasteiger partial charge in [0.2, 0.25) is 0 Å². The molecule has 0 spiro atoms. The van der Waals surface area contributed by atoms with Crippen LogP contribution in [0.3, 0.4) is 0 Å². The van der Waals surface area contributed by atoms with Crippen LogP contribution in [0.1, 0.15) is 40.3 Å². The summed E-state index contributed by atoms with van der Waals surface area (Å²) >= 11 is 0. The highest BCUT2D eigenvalue weighted by Gasteiger charge is 2.15. The quantitative estimate of drug-likeness (QED) is 0.842. The van der Waals surface area contributed by atoms with E-state index in [2.05, 4.69) is 10.3 Å². The highest BCUT2D eigenvalue weighted by molar-refractivity contribution is 5.95. The molecule has 0 fully saturated rings. The van der Waals surface area contributed by atoms with Gasteiger partial charge in [-0.05, 0) is 44.5 Å². The molecule has 4 nitrogen and oxygen atoms in total. The summed E-state index contributed by atoms with van der Waals surface area (Å²) in [4.78, 5) is 16.6. The number of rotatable bonds is 3. The van der Waals surface area contributed by atoms with E-state index in [1.807, 2.05) is 51.1 Å². The minimum Gasteiger partial charge on any atom is -0.398 e. The summed E-state index contributed by atoms with van der Waals surface area (Å²) < 4.78 is 0. The fourth-order valence-corrected chi connectivity index (χ4v) is 2.18. The van der Waals surface area contributed by atoms with Crippen LogP contribution in [0.5, 0.6) is 0 Å². The number of anilines is 1. The predicted molar refractivity (Wildman–Crippen MR) is 80.4 cm³/mol. The molecule has 0 bridgehead atoms. The molecule has 20 heavy (non-hydrogen) atoms. The minimum absolute atomic E-state index is 0.134. The van der Waals surface area contributed by atoms with Gasteiger partial charge in [0, 0.05) is 11.4 Å². The first-order valence-corrected chi connectivity index (χ1v) is 6.58. The van der Waals surface area contributed by atoms with E-state index in [0.717, 1.165) is 17.0 Å². The van der Waals surface area contributed by atoms with Gasteiger partial charge in [-0.1, -0.05) is 18.2 Å². The molecule has 0 aliphatic carbocycles. The summed E-state index contributed by atoms with van der Waals surface area (Å²) in [6.07, 6.45) is 0. The Morgan fingerprint density at radius 3 is 2.55 bits per heavy atom. The van der Waals surface area contributed by atoms with Gasteiger partial charge in [-0.2, -0.15) is 0 Å². The highest BCUT2D eigenvalue weighted by atomic mass is 16.1. The Bertz CT molecular complexity index is 637. The molecule has 1 aromatic heterocycles. The van der Waals surface area contributed by atoms with Gasteiger partial charge >= 0.3 is 0 Å². The van der Waals surface area contributed by atoms with Crippen molar-refractivity contribution < 1.29 is 4.79 Å². The maximum Gasteiger partial charge on any atom is 0.253 e. The van der Waals surface area contributed by atoms with E-state index >= 15 is 0 Å². The van der Waals surface area contributed by atoms with Gasteiger partial charge in [0.05, 0.1) is 17.3 Å². The maximum atomic E-state index is 12.3. The average molecular weight is 269 g/mol. The first kappa shape index (κ1) is 14.1. The fourth-order valence-electron chi connectivity index (χ4n) is 2.18. The number of nitrogen functional groups attached to an aromatic ring is 1. The van der Waals surface area contributed by atoms with Crippen LogP contribution < -0.4 is 11.1 Å². The monoisotopic (exact) mass is 269 g/mol. The molecule has 1 unspecified atom stereocenters. The lowest BCUT2D eigenvalue weighted by Crippen LogP contribution is -2.28. The summed E-state index contributed by atoms with van der Waals surface area (Å²) in [6.45, 7) is 5.66. The topological polar surface area (TPSA) is 68.0 Å². The molecule has 2 rings (SSSR count). The van der Waals surface area contributed by atoms with Crippen molar-refractivity contribution in [2.75, 3.05) is 5.73 Å². The van der Waals surface area contributed by atoms with E-state index in [-0.39, 0.29) is 11.9 Å². The number of carbonyl (C=O) groups is 1. The molecule has 1 atom stereocenters. The van der Waals surface area contributed by atoms with Crippen LogP contribution in [0.25, 0.3) is 0 Å². The molecule has 0 aliphatic heterocycles. The van der Waals surface area contributed by atoms with Crippen LogP contribution in [0.4, 0.5) is 5.69 Å². The molecule has 1 amide bonds. The number of benzene rings is 1. The molecule has 1 heterocycles. The van der Waals surface area contributed by atoms with Gasteiger partial charge < -0.3 is 11.1 Å². The zero-order valence-electron chi connectivity index (χ0n) is 12.0. The summed E-state index contributed by atoms with van der Waals surface area (Å²) in [5.41, 5.74) is 9.75. The average Bonchev–Trinajstić information content (AvgIpc) is 2.38. The normalized spacial score (nSPS) is 11.9. The van der Waals surface area contributed by atoms with Gasteiger partial charge in [-0.25, -0.2) is 0 Å². The Kier molecular flexibility index (Phi) is 4.03. The molecule has 0 saturated carbocycles. The Morgan fingerprint density at radius 2 is 1.90 bits per heavy atom. The van der Waals surface area contributed by atoms with Crippen LogP contribution in [0.2, 0.25) is 0 Å². The number of para-hydroxylation sites is 1. The maximum absolute atomic E-state index is 12.3. The van der Waals surface area contributed by atoms with Gasteiger partial charge in [-0.3, -0.25) is 9.78 Å². The van der Waals surface area contributed by atoms with Crippen LogP contribution in [0.15, 0.2) is 36.4 Å². The lowest BCUT2D eigenvalue weighted by atomic mass is 10.1. The van der Waals surface area contributed by atoms with Crippen molar-refractivity contribution in [1.82, 2.24) is 10.3 Å². The fraction of sp³-hybridized carbons (Fsp3) is 0.250. The third kappa shape index (κ3) is 2.96. The van der Waals surface area contributed by atoms with Gasteiger partial charge in [0.25, 0.3) is 5.91 Å². The molecule has 3 N–H and O–H groups in total.